The Labute approximate surface area is 111 Å². The third-order valence-corrected chi connectivity index (χ3v) is 2.96. The average Bonchev–Trinajstić information content (AvgIpc) is 2.78. The summed E-state index contributed by atoms with van der Waals surface area (Å²) in [6.07, 6.45) is 0.720. The Balaban J connectivity index is 2.08. The molecule has 94 valence electrons. The summed E-state index contributed by atoms with van der Waals surface area (Å²) >= 11 is 3.31. The van der Waals surface area contributed by atoms with Crippen molar-refractivity contribution in [1.82, 2.24) is 9.78 Å². The van der Waals surface area contributed by atoms with Crippen LogP contribution in [0, 0.1) is 10.1 Å². The topological polar surface area (TPSA) is 81.2 Å². The van der Waals surface area contributed by atoms with Crippen LogP contribution in [0.1, 0.15) is 11.7 Å². The highest BCUT2D eigenvalue weighted by Crippen LogP contribution is 2.18. The second-order valence-electron chi connectivity index (χ2n) is 3.72. The maximum atomic E-state index is 10.5. The van der Waals surface area contributed by atoms with Crippen LogP contribution in [0.25, 0.3) is 0 Å². The van der Waals surface area contributed by atoms with Crippen molar-refractivity contribution in [3.63, 3.8) is 0 Å². The summed E-state index contributed by atoms with van der Waals surface area (Å²) in [7, 11) is 0. The normalized spacial score (nSPS) is 12.3. The Morgan fingerprint density at radius 1 is 1.39 bits per heavy atom. The zero-order valence-electron chi connectivity index (χ0n) is 9.23. The number of aliphatic hydroxyl groups is 1. The minimum atomic E-state index is -0.752. The fraction of sp³-hybridized carbons (Fsp3) is 0.182. The number of nitro groups is 1. The lowest BCUT2D eigenvalue weighted by Gasteiger charge is -2.08. The van der Waals surface area contributed by atoms with Crippen molar-refractivity contribution in [3.8, 4) is 0 Å². The molecule has 0 spiro atoms. The van der Waals surface area contributed by atoms with E-state index < -0.39 is 11.0 Å². The van der Waals surface area contributed by atoms with Crippen molar-refractivity contribution in [3.05, 3.63) is 56.7 Å². The van der Waals surface area contributed by atoms with Gasteiger partial charge in [-0.3, -0.25) is 0 Å². The first-order chi connectivity index (χ1) is 8.56. The largest absolute Gasteiger partial charge is 0.389 e. The number of halogens is 1. The summed E-state index contributed by atoms with van der Waals surface area (Å²) in [5, 5.41) is 24.2. The van der Waals surface area contributed by atoms with Crippen LogP contribution in [0.4, 0.5) is 5.82 Å². The molecule has 0 amide bonds. The molecule has 0 aliphatic carbocycles. The summed E-state index contributed by atoms with van der Waals surface area (Å²) in [6, 6.07) is 8.52. The molecule has 1 N–H and O–H groups in total. The Kier molecular flexibility index (Phi) is 3.73. The minimum absolute atomic E-state index is 0.176. The van der Waals surface area contributed by atoms with Crippen molar-refractivity contribution < 1.29 is 10.0 Å². The number of hydrogen-bond donors (Lipinski definition) is 1. The first-order valence-electron chi connectivity index (χ1n) is 5.17. The van der Waals surface area contributed by atoms with Crippen molar-refractivity contribution in [2.24, 2.45) is 0 Å². The van der Waals surface area contributed by atoms with E-state index in [1.807, 2.05) is 12.1 Å². The van der Waals surface area contributed by atoms with Crippen molar-refractivity contribution >= 4 is 21.7 Å². The summed E-state index contributed by atoms with van der Waals surface area (Å²) in [6.45, 7) is 0.176. The third-order valence-electron chi connectivity index (χ3n) is 2.43. The lowest BCUT2D eigenvalue weighted by molar-refractivity contribution is -0.389. The van der Waals surface area contributed by atoms with E-state index in [9.17, 15) is 15.2 Å². The monoisotopic (exact) mass is 311 g/mol. The van der Waals surface area contributed by atoms with Crippen LogP contribution in [-0.2, 0) is 6.54 Å². The predicted octanol–water partition coefficient (Wildman–Crippen LogP) is 2.29. The van der Waals surface area contributed by atoms with Crippen LogP contribution in [0.2, 0.25) is 0 Å². The van der Waals surface area contributed by atoms with Gasteiger partial charge in [0.1, 0.15) is 6.10 Å². The summed E-state index contributed by atoms with van der Waals surface area (Å²) in [4.78, 5) is 9.90. The second kappa shape index (κ2) is 5.28. The molecule has 2 aromatic rings. The number of hydrogen-bond acceptors (Lipinski definition) is 4. The SMILES string of the molecule is O=[N+]([O-])c1ccn(CC(O)c2ccc(Br)cc2)n1. The molecular formula is C11H10BrN3O3. The van der Waals surface area contributed by atoms with Crippen LogP contribution < -0.4 is 0 Å². The number of aromatic nitrogens is 2. The van der Waals surface area contributed by atoms with Crippen LogP contribution in [0.5, 0.6) is 0 Å². The smallest absolute Gasteiger partial charge is 0.386 e. The maximum absolute atomic E-state index is 10.5. The molecule has 0 bridgehead atoms. The van der Waals surface area contributed by atoms with Gasteiger partial charge in [-0.15, -0.1) is 0 Å². The molecule has 0 saturated carbocycles. The van der Waals surface area contributed by atoms with Gasteiger partial charge in [0, 0.05) is 4.47 Å². The van der Waals surface area contributed by atoms with Gasteiger partial charge in [0.15, 0.2) is 0 Å². The second-order valence-corrected chi connectivity index (χ2v) is 4.64. The molecule has 18 heavy (non-hydrogen) atoms. The Morgan fingerprint density at radius 2 is 2.06 bits per heavy atom. The number of aliphatic hydroxyl groups excluding tert-OH is 1. The highest BCUT2D eigenvalue weighted by Gasteiger charge is 2.15. The zero-order chi connectivity index (χ0) is 13.1. The Hall–Kier alpha value is -1.73. The molecule has 7 heteroatoms. The van der Waals surface area contributed by atoms with Crippen molar-refractivity contribution in [1.29, 1.82) is 0 Å². The van der Waals surface area contributed by atoms with E-state index in [1.54, 1.807) is 12.1 Å². The fourth-order valence-electron chi connectivity index (χ4n) is 1.52. The van der Waals surface area contributed by atoms with Gasteiger partial charge < -0.3 is 15.2 Å². The first kappa shape index (κ1) is 12.7. The zero-order valence-corrected chi connectivity index (χ0v) is 10.8. The Morgan fingerprint density at radius 3 is 2.61 bits per heavy atom. The lowest BCUT2D eigenvalue weighted by atomic mass is 10.1. The van der Waals surface area contributed by atoms with Crippen LogP contribution in [0.3, 0.4) is 0 Å². The van der Waals surface area contributed by atoms with Crippen LogP contribution >= 0.6 is 15.9 Å². The summed E-state index contributed by atoms with van der Waals surface area (Å²) in [5.74, 6) is -0.224. The van der Waals surface area contributed by atoms with Gasteiger partial charge in [-0.25, -0.2) is 0 Å². The molecular weight excluding hydrogens is 302 g/mol. The van der Waals surface area contributed by atoms with E-state index in [0.29, 0.717) is 0 Å². The van der Waals surface area contributed by atoms with E-state index in [4.69, 9.17) is 0 Å². The van der Waals surface area contributed by atoms with Crippen LogP contribution in [-0.4, -0.2) is 19.8 Å². The molecule has 0 aliphatic heterocycles. The van der Waals surface area contributed by atoms with E-state index in [1.165, 1.54) is 16.9 Å². The summed E-state index contributed by atoms with van der Waals surface area (Å²) in [5.41, 5.74) is 0.733. The number of benzene rings is 1. The lowest BCUT2D eigenvalue weighted by Crippen LogP contribution is -2.09. The molecule has 1 aromatic heterocycles. The van der Waals surface area contributed by atoms with E-state index in [2.05, 4.69) is 21.0 Å². The average molecular weight is 312 g/mol. The number of rotatable bonds is 4. The van der Waals surface area contributed by atoms with Gasteiger partial charge in [-0.2, -0.15) is 4.68 Å². The highest BCUT2D eigenvalue weighted by molar-refractivity contribution is 9.10. The molecule has 0 aliphatic rings. The van der Waals surface area contributed by atoms with Gasteiger partial charge in [-0.1, -0.05) is 28.1 Å². The molecule has 1 heterocycles. The molecule has 1 unspecified atom stereocenters. The van der Waals surface area contributed by atoms with Gasteiger partial charge in [0.2, 0.25) is 0 Å². The molecule has 0 saturated heterocycles. The Bertz CT molecular complexity index is 553. The van der Waals surface area contributed by atoms with E-state index in [0.717, 1.165) is 10.0 Å². The molecule has 0 fully saturated rings. The van der Waals surface area contributed by atoms with Crippen molar-refractivity contribution in [2.45, 2.75) is 12.6 Å². The predicted molar refractivity (Wildman–Crippen MR) is 68.0 cm³/mol. The molecule has 1 atom stereocenters. The standard InChI is InChI=1S/C11H10BrN3O3/c12-9-3-1-8(2-4-9)10(16)7-14-6-5-11(13-14)15(17)18/h1-6,10,16H,7H2. The minimum Gasteiger partial charge on any atom is -0.386 e. The molecule has 6 nitrogen and oxygen atoms in total. The van der Waals surface area contributed by atoms with E-state index >= 15 is 0 Å². The molecule has 2 rings (SSSR count). The summed E-state index contributed by atoms with van der Waals surface area (Å²) < 4.78 is 2.28. The number of nitrogens with zero attached hydrogens (tertiary/aromatic N) is 3. The van der Waals surface area contributed by atoms with E-state index in [-0.39, 0.29) is 12.4 Å². The first-order valence-corrected chi connectivity index (χ1v) is 5.97. The van der Waals surface area contributed by atoms with Crippen molar-refractivity contribution in [2.75, 3.05) is 0 Å². The maximum Gasteiger partial charge on any atom is 0.389 e. The fourth-order valence-corrected chi connectivity index (χ4v) is 1.78. The van der Waals surface area contributed by atoms with Crippen LogP contribution in [0.15, 0.2) is 41.0 Å². The molecule has 0 radical (unpaired) electrons. The van der Waals surface area contributed by atoms with Gasteiger partial charge in [-0.05, 0) is 22.6 Å². The van der Waals surface area contributed by atoms with Gasteiger partial charge >= 0.3 is 5.82 Å². The third kappa shape index (κ3) is 2.93. The van der Waals surface area contributed by atoms with Gasteiger partial charge in [0.25, 0.3) is 0 Å². The highest BCUT2D eigenvalue weighted by atomic mass is 79.9. The quantitative estimate of drug-likeness (QED) is 0.694. The molecule has 1 aromatic carbocycles. The van der Waals surface area contributed by atoms with Gasteiger partial charge in [0.05, 0.1) is 23.9 Å².